The number of rotatable bonds is 5. The molecular weight excluding hydrogens is 382 g/mol. The van der Waals surface area contributed by atoms with Gasteiger partial charge in [0.25, 0.3) is 0 Å². The maximum atomic E-state index is 12.8. The number of piperidine rings is 1. The Bertz CT molecular complexity index is 1020. The fraction of sp³-hybridized carbons (Fsp3) is 0.286. The van der Waals surface area contributed by atoms with Crippen molar-refractivity contribution in [2.45, 2.75) is 19.8 Å². The first kappa shape index (κ1) is 19.6. The topological polar surface area (TPSA) is 105 Å². The average Bonchev–Trinajstić information content (AvgIpc) is 3.29. The molecule has 3 heterocycles. The van der Waals surface area contributed by atoms with Gasteiger partial charge in [0.2, 0.25) is 11.8 Å². The van der Waals surface area contributed by atoms with Gasteiger partial charge >= 0.3 is 0 Å². The van der Waals surface area contributed by atoms with Crippen molar-refractivity contribution in [3.05, 3.63) is 54.9 Å². The summed E-state index contributed by atoms with van der Waals surface area (Å²) in [4.78, 5) is 26.1. The van der Waals surface area contributed by atoms with Gasteiger partial charge in [-0.05, 0) is 49.2 Å². The number of nitrogens with one attached hydrogen (secondary N) is 2. The number of carbonyl (C=O) groups is 2. The summed E-state index contributed by atoms with van der Waals surface area (Å²) in [6, 6.07) is 12.7. The molecule has 0 spiro atoms. The molecule has 1 fully saturated rings. The minimum absolute atomic E-state index is 0.0409. The van der Waals surface area contributed by atoms with Crippen LogP contribution in [0.25, 0.3) is 5.82 Å². The monoisotopic (exact) mass is 405 g/mol. The van der Waals surface area contributed by atoms with Crippen molar-refractivity contribution in [2.24, 2.45) is 5.92 Å². The van der Waals surface area contributed by atoms with E-state index in [1.807, 2.05) is 30.5 Å². The number of hydrogen-bond donors (Lipinski definition) is 2. The first-order valence-electron chi connectivity index (χ1n) is 9.86. The summed E-state index contributed by atoms with van der Waals surface area (Å²) in [5.74, 6) is 1.04. The Labute approximate surface area is 174 Å². The van der Waals surface area contributed by atoms with Gasteiger partial charge in [0, 0.05) is 43.8 Å². The van der Waals surface area contributed by atoms with Gasteiger partial charge < -0.3 is 15.5 Å². The molecule has 0 saturated carbocycles. The highest BCUT2D eigenvalue weighted by molar-refractivity contribution is 5.94. The van der Waals surface area contributed by atoms with Gasteiger partial charge in [-0.1, -0.05) is 6.07 Å². The zero-order chi connectivity index (χ0) is 20.9. The Balaban J connectivity index is 1.40. The summed E-state index contributed by atoms with van der Waals surface area (Å²) in [6.07, 6.45) is 5.21. The van der Waals surface area contributed by atoms with E-state index in [1.54, 1.807) is 29.1 Å². The van der Waals surface area contributed by atoms with Crippen molar-refractivity contribution in [3.63, 3.8) is 0 Å². The van der Waals surface area contributed by atoms with Crippen LogP contribution in [0.4, 0.5) is 17.2 Å². The van der Waals surface area contributed by atoms with E-state index in [9.17, 15) is 9.59 Å². The third-order valence-electron chi connectivity index (χ3n) is 4.94. The number of amides is 2. The fourth-order valence-electron chi connectivity index (χ4n) is 3.53. The molecule has 1 atom stereocenters. The minimum atomic E-state index is -0.157. The van der Waals surface area contributed by atoms with E-state index in [0.29, 0.717) is 23.7 Å². The summed E-state index contributed by atoms with van der Waals surface area (Å²) in [7, 11) is 0. The molecule has 2 amide bonds. The molecule has 9 heteroatoms. The van der Waals surface area contributed by atoms with Crippen LogP contribution in [0.1, 0.15) is 19.8 Å². The van der Waals surface area contributed by atoms with Crippen molar-refractivity contribution < 1.29 is 9.59 Å². The van der Waals surface area contributed by atoms with Crippen LogP contribution in [-0.4, -0.2) is 44.9 Å². The molecule has 1 aliphatic rings. The van der Waals surface area contributed by atoms with Crippen molar-refractivity contribution in [1.29, 1.82) is 0 Å². The molecule has 0 bridgehead atoms. The Hall–Kier alpha value is -3.75. The third-order valence-corrected chi connectivity index (χ3v) is 4.94. The van der Waals surface area contributed by atoms with Crippen molar-refractivity contribution >= 4 is 29.0 Å². The van der Waals surface area contributed by atoms with Crippen LogP contribution in [0.5, 0.6) is 0 Å². The van der Waals surface area contributed by atoms with Gasteiger partial charge in [0.05, 0.1) is 5.92 Å². The molecule has 4 rings (SSSR count). The summed E-state index contributed by atoms with van der Waals surface area (Å²) in [6.45, 7) is 2.86. The van der Waals surface area contributed by atoms with Crippen LogP contribution < -0.4 is 15.5 Å². The molecule has 1 aromatic carbocycles. The highest BCUT2D eigenvalue weighted by Crippen LogP contribution is 2.23. The van der Waals surface area contributed by atoms with Crippen LogP contribution in [0.2, 0.25) is 0 Å². The Morgan fingerprint density at radius 1 is 1.03 bits per heavy atom. The Morgan fingerprint density at radius 3 is 2.50 bits per heavy atom. The van der Waals surface area contributed by atoms with Crippen molar-refractivity contribution in [1.82, 2.24) is 20.0 Å². The Morgan fingerprint density at radius 2 is 1.80 bits per heavy atom. The van der Waals surface area contributed by atoms with Crippen LogP contribution >= 0.6 is 0 Å². The zero-order valence-corrected chi connectivity index (χ0v) is 16.7. The summed E-state index contributed by atoms with van der Waals surface area (Å²) in [5.41, 5.74) is 1.31. The van der Waals surface area contributed by atoms with Crippen LogP contribution in [0, 0.1) is 5.92 Å². The predicted molar refractivity (Wildman–Crippen MR) is 113 cm³/mol. The molecule has 2 N–H and O–H groups in total. The van der Waals surface area contributed by atoms with Gasteiger partial charge in [-0.3, -0.25) is 9.59 Å². The molecule has 3 aromatic rings. The molecule has 30 heavy (non-hydrogen) atoms. The second-order valence-electron chi connectivity index (χ2n) is 7.24. The lowest BCUT2D eigenvalue weighted by atomic mass is 9.97. The van der Waals surface area contributed by atoms with Crippen LogP contribution in [0.3, 0.4) is 0 Å². The first-order chi connectivity index (χ1) is 14.6. The Kier molecular flexibility index (Phi) is 5.69. The van der Waals surface area contributed by atoms with E-state index < -0.39 is 0 Å². The lowest BCUT2D eigenvalue weighted by Crippen LogP contribution is -2.41. The van der Waals surface area contributed by atoms with Gasteiger partial charge in [-0.2, -0.15) is 5.10 Å². The minimum Gasteiger partial charge on any atom is -0.354 e. The van der Waals surface area contributed by atoms with Gasteiger partial charge in [0.1, 0.15) is 0 Å². The molecule has 2 aromatic heterocycles. The zero-order valence-electron chi connectivity index (χ0n) is 16.7. The molecular formula is C21H23N7O2. The fourth-order valence-corrected chi connectivity index (χ4v) is 3.53. The standard InChI is InChI=1S/C21H23N7O2/c1-15(29)23-17-6-2-7-18(13-17)24-21(30)16-5-3-11-27(14-16)19-8-9-20(26-25-19)28-12-4-10-22-28/h2,4,6-10,12-13,16H,3,5,11,14H2,1H3,(H,23,29)(H,24,30). The van der Waals surface area contributed by atoms with E-state index in [1.165, 1.54) is 6.92 Å². The average molecular weight is 405 g/mol. The quantitative estimate of drug-likeness (QED) is 0.676. The molecule has 1 aliphatic heterocycles. The molecule has 0 aliphatic carbocycles. The normalized spacial score (nSPS) is 16.2. The largest absolute Gasteiger partial charge is 0.354 e. The lowest BCUT2D eigenvalue weighted by Gasteiger charge is -2.32. The van der Waals surface area contributed by atoms with Gasteiger partial charge in [-0.25, -0.2) is 4.68 Å². The molecule has 9 nitrogen and oxygen atoms in total. The summed E-state index contributed by atoms with van der Waals surface area (Å²) >= 11 is 0. The molecule has 154 valence electrons. The van der Waals surface area contributed by atoms with Gasteiger partial charge in [0.15, 0.2) is 11.6 Å². The number of hydrogen-bond acceptors (Lipinski definition) is 6. The van der Waals surface area contributed by atoms with Crippen LogP contribution in [-0.2, 0) is 9.59 Å². The number of anilines is 3. The molecule has 1 unspecified atom stereocenters. The van der Waals surface area contributed by atoms with Gasteiger partial charge in [-0.15, -0.1) is 10.2 Å². The molecule has 1 saturated heterocycles. The van der Waals surface area contributed by atoms with E-state index >= 15 is 0 Å². The third kappa shape index (κ3) is 4.62. The highest BCUT2D eigenvalue weighted by Gasteiger charge is 2.27. The summed E-state index contributed by atoms with van der Waals surface area (Å²) in [5, 5.41) is 18.4. The summed E-state index contributed by atoms with van der Waals surface area (Å²) < 4.78 is 1.65. The maximum Gasteiger partial charge on any atom is 0.229 e. The van der Waals surface area contributed by atoms with E-state index in [4.69, 9.17) is 0 Å². The predicted octanol–water partition coefficient (Wildman–Crippen LogP) is 2.48. The number of nitrogens with zero attached hydrogens (tertiary/aromatic N) is 5. The van der Waals surface area contributed by atoms with Crippen molar-refractivity contribution in [3.8, 4) is 5.82 Å². The second-order valence-corrected chi connectivity index (χ2v) is 7.24. The molecule has 0 radical (unpaired) electrons. The first-order valence-corrected chi connectivity index (χ1v) is 9.86. The number of aromatic nitrogens is 4. The lowest BCUT2D eigenvalue weighted by molar-refractivity contribution is -0.120. The van der Waals surface area contributed by atoms with Crippen molar-refractivity contribution in [2.75, 3.05) is 28.6 Å². The second kappa shape index (κ2) is 8.73. The van der Waals surface area contributed by atoms with E-state index in [0.717, 1.165) is 25.2 Å². The highest BCUT2D eigenvalue weighted by atomic mass is 16.2. The number of benzene rings is 1. The van der Waals surface area contributed by atoms with Crippen LogP contribution in [0.15, 0.2) is 54.9 Å². The maximum absolute atomic E-state index is 12.8. The SMILES string of the molecule is CC(=O)Nc1cccc(NC(=O)C2CCCN(c3ccc(-n4cccn4)nn3)C2)c1. The van der Waals surface area contributed by atoms with E-state index in [2.05, 4.69) is 30.8 Å². The van der Waals surface area contributed by atoms with E-state index in [-0.39, 0.29) is 17.7 Å². The smallest absolute Gasteiger partial charge is 0.229 e. The number of carbonyl (C=O) groups excluding carboxylic acids is 2.